The summed E-state index contributed by atoms with van der Waals surface area (Å²) in [7, 11) is 5.72. The van der Waals surface area contributed by atoms with Crippen LogP contribution in [0.15, 0.2) is 194 Å². The quantitative estimate of drug-likeness (QED) is 0.00445. The number of benzene rings is 8. The van der Waals surface area contributed by atoms with E-state index in [9.17, 15) is 33.6 Å². The van der Waals surface area contributed by atoms with Crippen molar-refractivity contribution < 1.29 is 108 Å². The number of halogens is 1. The molecule has 0 unspecified atom stereocenters. The number of carbonyl (C=O) groups is 7. The maximum Gasteiger partial charge on any atom is 1.00 e. The molecule has 0 radical (unpaired) electrons. The Morgan fingerprint density at radius 2 is 0.686 bits per heavy atom. The monoisotopic (exact) mass is 1780 g/mol. The van der Waals surface area contributed by atoms with Crippen LogP contribution in [0.4, 0.5) is 0 Å². The summed E-state index contributed by atoms with van der Waals surface area (Å²) in [6.07, 6.45) is 0. The van der Waals surface area contributed by atoms with Crippen molar-refractivity contribution in [1.29, 1.82) is 0 Å². The number of hydrogen-bond donors (Lipinski definition) is 9. The molecule has 3 atom stereocenters. The molecule has 121 heavy (non-hydrogen) atoms. The van der Waals surface area contributed by atoms with Crippen molar-refractivity contribution in [1.82, 2.24) is 21.4 Å². The maximum absolute atomic E-state index is 12.6. The van der Waals surface area contributed by atoms with E-state index in [2.05, 4.69) is 102 Å². The second-order valence-electron chi connectivity index (χ2n) is 27.2. The number of hydrogen-bond acceptors (Lipinski definition) is 18. The number of likely N-dealkylation sites (N-methyl/N-ethyl adjacent to an activating group) is 1. The average molecular weight is 1780 g/mol. The van der Waals surface area contributed by atoms with Crippen LogP contribution < -0.4 is 62.5 Å². The van der Waals surface area contributed by atoms with Crippen molar-refractivity contribution in [3.05, 3.63) is 283 Å². The van der Waals surface area contributed by atoms with E-state index in [0.29, 0.717) is 56.3 Å². The molecule has 650 valence electrons. The predicted octanol–water partition coefficient (Wildman–Crippen LogP) is 12.8. The zero-order valence-corrected chi connectivity index (χ0v) is 73.2. The molecule has 0 fully saturated rings. The Morgan fingerprint density at radius 1 is 0.430 bits per heavy atom. The molecule has 0 heterocycles. The van der Waals surface area contributed by atoms with E-state index in [1.54, 1.807) is 118 Å². The number of amides is 3. The first kappa shape index (κ1) is 117. The fraction of sp³-hybridized carbons (Fsp3) is 0.351. The van der Waals surface area contributed by atoms with Gasteiger partial charge in [-0.05, 0) is 233 Å². The van der Waals surface area contributed by atoms with E-state index in [-0.39, 0.29) is 104 Å². The number of carboxylic acids is 1. The van der Waals surface area contributed by atoms with Crippen molar-refractivity contribution in [2.24, 2.45) is 16.9 Å². The van der Waals surface area contributed by atoms with E-state index in [1.165, 1.54) is 31.2 Å². The molecule has 8 aromatic rings. The summed E-state index contributed by atoms with van der Waals surface area (Å²) in [5, 5.41) is 35.0. The molecule has 22 nitrogen and oxygen atoms in total. The molecule has 0 saturated heterocycles. The van der Waals surface area contributed by atoms with Gasteiger partial charge >= 0.3 is 53.4 Å². The second-order valence-corrected chi connectivity index (χ2v) is 28.7. The van der Waals surface area contributed by atoms with E-state index >= 15 is 0 Å². The van der Waals surface area contributed by atoms with E-state index in [0.717, 1.165) is 66.8 Å². The predicted molar refractivity (Wildman–Crippen MR) is 490 cm³/mol. The molecule has 0 aliphatic rings. The van der Waals surface area contributed by atoms with Crippen molar-refractivity contribution in [3.63, 3.8) is 0 Å². The first-order valence-electron chi connectivity index (χ1n) is 36.8. The van der Waals surface area contributed by atoms with Crippen molar-refractivity contribution in [2.45, 2.75) is 169 Å². The smallest absolute Gasteiger partial charge is 1.00 e. The first-order valence-corrected chi connectivity index (χ1v) is 38.3. The summed E-state index contributed by atoms with van der Waals surface area (Å²) in [4.78, 5) is 81.9. The number of nitrogens with one attached hydrogen (secondary N) is 4. The Bertz CT molecular complexity index is 4630. The summed E-state index contributed by atoms with van der Waals surface area (Å²) >= 11 is 2.29. The van der Waals surface area contributed by atoms with E-state index in [1.807, 2.05) is 152 Å². The van der Waals surface area contributed by atoms with Gasteiger partial charge in [0.15, 0.2) is 0 Å². The number of alkyl halides is 1. The fourth-order valence-corrected chi connectivity index (χ4v) is 9.26. The first-order chi connectivity index (χ1) is 54.8. The van der Waals surface area contributed by atoms with Crippen LogP contribution in [-0.4, -0.2) is 139 Å². The minimum atomic E-state index is -1.10. The van der Waals surface area contributed by atoms with Crippen molar-refractivity contribution in [3.8, 4) is 47.4 Å². The number of aromatic carboxylic acids is 1. The molecule has 8 rings (SSSR count). The van der Waals surface area contributed by atoms with Gasteiger partial charge in [0, 0.05) is 86.5 Å². The zero-order chi connectivity index (χ0) is 85.5. The molecule has 0 aliphatic heterocycles. The van der Waals surface area contributed by atoms with Crippen LogP contribution in [0.3, 0.4) is 0 Å². The van der Waals surface area contributed by atoms with Crippen molar-refractivity contribution >= 4 is 64.2 Å². The normalized spacial score (nSPS) is 10.5. The van der Waals surface area contributed by atoms with Crippen molar-refractivity contribution in [2.75, 3.05) is 52.6 Å². The number of esters is 3. The number of ether oxygens (including phenoxy) is 6. The topological polar surface area (TPSA) is 336 Å². The van der Waals surface area contributed by atoms with E-state index < -0.39 is 53.0 Å². The third-order valence-electron chi connectivity index (χ3n) is 16.4. The molecule has 3 amide bonds. The Morgan fingerprint density at radius 3 is 0.901 bits per heavy atom. The number of methoxy groups -OCH3 is 3. The van der Waals surface area contributed by atoms with Gasteiger partial charge in [0.25, 0.3) is 17.7 Å². The Labute approximate surface area is 757 Å². The van der Waals surface area contributed by atoms with Gasteiger partial charge in [-0.2, -0.15) is 0 Å². The maximum atomic E-state index is 12.6. The van der Waals surface area contributed by atoms with Gasteiger partial charge in [-0.15, -0.1) is 0 Å². The minimum absolute atomic E-state index is 0. The number of hydroxylamine groups is 1. The summed E-state index contributed by atoms with van der Waals surface area (Å²) in [6, 6.07) is 55.6. The Balaban J connectivity index is -0.000000472. The molecule has 0 saturated carbocycles. The summed E-state index contributed by atoms with van der Waals surface area (Å²) in [6.45, 7) is 24.4. The number of aliphatic hydroxyl groups is 1. The van der Waals surface area contributed by atoms with Gasteiger partial charge in [0.2, 0.25) is 0 Å². The standard InChI is InChI=1S/C25H30N2O4.C23H27N3O4.C18H16O3.C17H14O3.C7H15NO2.C2H5I.5CH4.Na.H/c1-6-31-17-20-11-9-18(10-12-20)7-8-19-13-15-21(16-14-19)23(28)27-22(24(29)30-5)25(2,3)26-4;1-4-30-15-18-9-7-16(8-10-18)5-6-17-11-13-19(14-12-17)21(27)25-20(22(28)26-29)23(2,3)24;1-2-21-13-16-7-5-14(6-8-16)3-4-15-9-11-17(12-10-15)18(19)20;1-20-17(19)16-10-8-14(9-11-16)3-2-13-4-6-15(12-18)7-5-13;1-7(2,3)5(8)6(9)10-4;1-2-3;;;;;;;/h9-16,22,26H,6,17H2,1-5H3,(H,27,28);7-14,20,29H,4,15,24H2,1-3H3,(H,25,27)(H,26,28);5-12H,2,13H2,1H3,(H,19,20);4-11,18H,12H2,1H3;5H,8H2,1-4H3;2H2,1H3;5*1H4;;/q;;;;;;;;;;;+1;-1/t22-;20-;;;5-;;;;;;;;/m11..1......../s1. The molecule has 11 N–H and O–H groups in total. The largest absolute Gasteiger partial charge is 1.00 e. The van der Waals surface area contributed by atoms with Crippen LogP contribution in [0.2, 0.25) is 0 Å². The third kappa shape index (κ3) is 44.7. The molecule has 0 spiro atoms. The molecule has 0 aliphatic carbocycles. The van der Waals surface area contributed by atoms with Crippen LogP contribution in [0.25, 0.3) is 0 Å². The van der Waals surface area contributed by atoms with Gasteiger partial charge in [0.05, 0.1) is 58.9 Å². The Kier molecular flexibility index (Phi) is 60.7. The van der Waals surface area contributed by atoms with Gasteiger partial charge in [-0.3, -0.25) is 24.4 Å². The van der Waals surface area contributed by atoms with Crippen LogP contribution in [0.1, 0.15) is 223 Å². The summed E-state index contributed by atoms with van der Waals surface area (Å²) in [5.41, 5.74) is 23.5. The zero-order valence-electron chi connectivity index (χ0n) is 70.0. The molecule has 8 aromatic carbocycles. The summed E-state index contributed by atoms with van der Waals surface area (Å²) in [5.74, 6) is 20.7. The van der Waals surface area contributed by atoms with E-state index in [4.69, 9.17) is 45.8 Å². The molecular formula is C97H128IN6NaO16. The number of nitrogens with two attached hydrogens (primary N) is 2. The van der Waals surface area contributed by atoms with Crippen LogP contribution >= 0.6 is 22.6 Å². The minimum Gasteiger partial charge on any atom is -1.00 e. The van der Waals surface area contributed by atoms with Gasteiger partial charge in [-0.25, -0.2) is 19.9 Å². The van der Waals surface area contributed by atoms with Gasteiger partial charge in [-0.1, -0.05) is 183 Å². The third-order valence-corrected chi connectivity index (χ3v) is 16.4. The van der Waals surface area contributed by atoms with Gasteiger partial charge in [0.1, 0.15) is 18.1 Å². The van der Waals surface area contributed by atoms with Crippen LogP contribution in [-0.2, 0) is 69.2 Å². The molecule has 24 heteroatoms. The van der Waals surface area contributed by atoms with Crippen LogP contribution in [0, 0.1) is 52.8 Å². The number of carboxylic acid groups (broad SMARTS) is 1. The summed E-state index contributed by atoms with van der Waals surface area (Å²) < 4.78 is 31.3. The SMILES string of the molecule is C.C.C.C.C.CCI.CCOCc1ccc(C#Cc2ccc(C(=O)N[C@H](C(=O)NO)C(C)(C)N)cc2)cc1.CCOCc1ccc(C#Cc2ccc(C(=O)N[C@H](C(=O)OC)C(C)(C)NC)cc2)cc1.CCOCc1ccc(C#Cc2ccc(C(=O)O)cc2)cc1.COC(=O)[C@@H](N)C(C)(C)C.COC(=O)c1ccc(C#Cc2ccc(CO)cc2)cc1.[H-].[Na+]. The fourth-order valence-electron chi connectivity index (χ4n) is 9.26. The molecular weight excluding hydrogens is 1650 g/mol. The van der Waals surface area contributed by atoms with Crippen LogP contribution in [0.5, 0.6) is 0 Å². The Hall–Kier alpha value is -10.3. The molecule has 0 aromatic heterocycles. The number of rotatable bonds is 22. The number of aliphatic hydroxyl groups excluding tert-OH is 1. The average Bonchev–Trinajstić information content (AvgIpc) is 1.32. The van der Waals surface area contributed by atoms with Gasteiger partial charge < -0.3 is 67.5 Å². The molecule has 0 bridgehead atoms. The number of carbonyl (C=O) groups excluding carboxylic acids is 6. The second kappa shape index (κ2) is 62.8.